The molecule has 0 aromatic heterocycles. The van der Waals surface area contributed by atoms with Gasteiger partial charge in [-0.25, -0.2) is 0 Å². The number of fused-ring (bicyclic) bond motifs is 1. The summed E-state index contributed by atoms with van der Waals surface area (Å²) in [5.41, 5.74) is 5.61. The number of aryl methyl sites for hydroxylation is 1. The molecule has 0 spiro atoms. The van der Waals surface area contributed by atoms with E-state index in [1.54, 1.807) is 0 Å². The molecule has 1 atom stereocenters. The van der Waals surface area contributed by atoms with Crippen LogP contribution in [0, 0.1) is 0 Å². The number of hydrogen-bond donors (Lipinski definition) is 0. The van der Waals surface area contributed by atoms with Crippen LogP contribution < -0.4 is 4.90 Å². The largest absolute Gasteiger partial charge is 0.373 e. The van der Waals surface area contributed by atoms with Gasteiger partial charge in [-0.15, -0.1) is 0 Å². The van der Waals surface area contributed by atoms with Crippen LogP contribution in [0.25, 0.3) is 0 Å². The molecule has 0 aliphatic carbocycles. The van der Waals surface area contributed by atoms with Gasteiger partial charge in [0, 0.05) is 42.9 Å². The molecule has 0 unspecified atom stereocenters. The molecule has 2 aliphatic rings. The van der Waals surface area contributed by atoms with Gasteiger partial charge in [-0.3, -0.25) is 4.90 Å². The number of ether oxygens (including phenoxy) is 1. The van der Waals surface area contributed by atoms with Crippen LogP contribution in [-0.2, 0) is 17.6 Å². The van der Waals surface area contributed by atoms with Crippen molar-refractivity contribution in [2.24, 2.45) is 0 Å². The summed E-state index contributed by atoms with van der Waals surface area (Å²) < 4.78 is 7.27. The van der Waals surface area contributed by atoms with E-state index >= 15 is 0 Å². The number of benzene rings is 2. The Balaban J connectivity index is 1.29. The number of halogens is 1. The number of rotatable bonds is 5. The Labute approximate surface area is 171 Å². The quantitative estimate of drug-likeness (QED) is 0.677. The van der Waals surface area contributed by atoms with Gasteiger partial charge in [-0.05, 0) is 60.2 Å². The summed E-state index contributed by atoms with van der Waals surface area (Å²) in [6.07, 6.45) is 3.47. The van der Waals surface area contributed by atoms with Gasteiger partial charge in [0.25, 0.3) is 0 Å². The first-order valence-corrected chi connectivity index (χ1v) is 11.0. The molecule has 0 N–H and O–H groups in total. The lowest BCUT2D eigenvalue weighted by atomic mass is 9.95. The van der Waals surface area contributed by atoms with Gasteiger partial charge in [0.2, 0.25) is 0 Å². The summed E-state index contributed by atoms with van der Waals surface area (Å²) in [7, 11) is 0. The van der Waals surface area contributed by atoms with E-state index in [9.17, 15) is 0 Å². The Kier molecular flexibility index (Phi) is 6.16. The van der Waals surface area contributed by atoms with Crippen molar-refractivity contribution in [3.63, 3.8) is 0 Å². The van der Waals surface area contributed by atoms with E-state index in [0.717, 1.165) is 58.6 Å². The summed E-state index contributed by atoms with van der Waals surface area (Å²) >= 11 is 3.59. The molecule has 2 aromatic carbocycles. The van der Waals surface area contributed by atoms with E-state index < -0.39 is 0 Å². The predicted molar refractivity (Wildman–Crippen MR) is 116 cm³/mol. The van der Waals surface area contributed by atoms with Gasteiger partial charge < -0.3 is 9.64 Å². The van der Waals surface area contributed by atoms with E-state index in [2.05, 4.69) is 75.1 Å². The van der Waals surface area contributed by atoms with Crippen LogP contribution in [0.2, 0.25) is 0 Å². The van der Waals surface area contributed by atoms with E-state index in [1.165, 1.54) is 26.9 Å². The molecule has 0 radical (unpaired) electrons. The van der Waals surface area contributed by atoms with Crippen LogP contribution in [0.4, 0.5) is 5.69 Å². The highest BCUT2D eigenvalue weighted by Crippen LogP contribution is 2.31. The molecule has 0 amide bonds. The summed E-state index contributed by atoms with van der Waals surface area (Å²) in [5, 5.41) is 0. The number of nitrogens with zero attached hydrogens (tertiary/aromatic N) is 2. The van der Waals surface area contributed by atoms with Gasteiger partial charge in [-0.1, -0.05) is 41.1 Å². The third-order valence-corrected chi connectivity index (χ3v) is 6.43. The average Bonchev–Trinajstić information content (AvgIpc) is 2.72. The zero-order chi connectivity index (χ0) is 18.6. The van der Waals surface area contributed by atoms with Gasteiger partial charge in [0.15, 0.2) is 0 Å². The van der Waals surface area contributed by atoms with Crippen molar-refractivity contribution in [2.75, 3.05) is 44.2 Å². The third-order valence-electron chi connectivity index (χ3n) is 5.93. The van der Waals surface area contributed by atoms with Crippen molar-refractivity contribution in [3.8, 4) is 0 Å². The van der Waals surface area contributed by atoms with Crippen molar-refractivity contribution in [3.05, 3.63) is 63.6 Å². The molecular weight excluding hydrogens is 400 g/mol. The molecule has 144 valence electrons. The first kappa shape index (κ1) is 19.0. The van der Waals surface area contributed by atoms with Crippen LogP contribution >= 0.6 is 15.9 Å². The van der Waals surface area contributed by atoms with Gasteiger partial charge in [0.1, 0.15) is 0 Å². The molecule has 3 nitrogen and oxygen atoms in total. The Morgan fingerprint density at radius 1 is 1.04 bits per heavy atom. The van der Waals surface area contributed by atoms with Gasteiger partial charge in [-0.2, -0.15) is 0 Å². The molecule has 1 saturated heterocycles. The molecule has 0 saturated carbocycles. The Morgan fingerprint density at radius 2 is 1.81 bits per heavy atom. The summed E-state index contributed by atoms with van der Waals surface area (Å²) in [4.78, 5) is 5.10. The van der Waals surface area contributed by atoms with Crippen LogP contribution in [0.1, 0.15) is 36.1 Å². The lowest BCUT2D eigenvalue weighted by Gasteiger charge is -2.37. The molecule has 2 heterocycles. The molecular formula is C23H29BrN2O. The zero-order valence-electron chi connectivity index (χ0n) is 16.2. The van der Waals surface area contributed by atoms with Crippen LogP contribution in [0.15, 0.2) is 46.9 Å². The first-order valence-electron chi connectivity index (χ1n) is 10.2. The van der Waals surface area contributed by atoms with E-state index in [1.807, 2.05) is 0 Å². The highest BCUT2D eigenvalue weighted by molar-refractivity contribution is 9.10. The van der Waals surface area contributed by atoms with E-state index in [-0.39, 0.29) is 6.10 Å². The van der Waals surface area contributed by atoms with Crippen molar-refractivity contribution >= 4 is 21.6 Å². The van der Waals surface area contributed by atoms with E-state index in [0.29, 0.717) is 0 Å². The minimum atomic E-state index is 0.251. The lowest BCUT2D eigenvalue weighted by molar-refractivity contribution is 0.0289. The van der Waals surface area contributed by atoms with Gasteiger partial charge in [0.05, 0.1) is 12.7 Å². The molecule has 1 fully saturated rings. The molecule has 4 rings (SSSR count). The Morgan fingerprint density at radius 3 is 2.56 bits per heavy atom. The minimum Gasteiger partial charge on any atom is -0.373 e. The second-order valence-electron chi connectivity index (χ2n) is 7.59. The monoisotopic (exact) mass is 428 g/mol. The first-order chi connectivity index (χ1) is 13.2. The summed E-state index contributed by atoms with van der Waals surface area (Å²) in [6.45, 7) is 8.66. The molecule has 2 aliphatic heterocycles. The number of piperazine rings is 1. The normalized spacial score (nSPS) is 20.5. The van der Waals surface area contributed by atoms with Crippen molar-refractivity contribution in [1.29, 1.82) is 0 Å². The second-order valence-corrected chi connectivity index (χ2v) is 8.51. The van der Waals surface area contributed by atoms with Crippen LogP contribution in [0.3, 0.4) is 0 Å². The predicted octanol–water partition coefficient (Wildman–Crippen LogP) is 4.84. The third kappa shape index (κ3) is 4.56. The SMILES string of the molecule is CCc1ccc(N2CCN(CC[C@@H]3OCCc4cc(Br)ccc43)CC2)cc1. The average molecular weight is 429 g/mol. The lowest BCUT2D eigenvalue weighted by Crippen LogP contribution is -2.46. The fourth-order valence-corrected chi connectivity index (χ4v) is 4.63. The maximum Gasteiger partial charge on any atom is 0.0839 e. The number of anilines is 1. The Bertz CT molecular complexity index is 753. The fraction of sp³-hybridized carbons (Fsp3) is 0.478. The summed E-state index contributed by atoms with van der Waals surface area (Å²) in [5.74, 6) is 0. The molecule has 2 aromatic rings. The molecule has 27 heavy (non-hydrogen) atoms. The Hall–Kier alpha value is -1.36. The molecule has 4 heteroatoms. The second kappa shape index (κ2) is 8.76. The highest BCUT2D eigenvalue weighted by Gasteiger charge is 2.23. The van der Waals surface area contributed by atoms with E-state index in [4.69, 9.17) is 4.74 Å². The standard InChI is InChI=1S/C23H29BrN2O/c1-2-18-3-6-21(7-4-18)26-14-12-25(13-15-26)11-9-23-22-8-5-20(24)17-19(22)10-16-27-23/h3-8,17,23H,2,9-16H2,1H3/t23-/m0/s1. The molecule has 0 bridgehead atoms. The van der Waals surface area contributed by atoms with Crippen LogP contribution in [-0.4, -0.2) is 44.2 Å². The van der Waals surface area contributed by atoms with Crippen LogP contribution in [0.5, 0.6) is 0 Å². The topological polar surface area (TPSA) is 15.7 Å². The fourth-order valence-electron chi connectivity index (χ4n) is 4.22. The van der Waals surface area contributed by atoms with Crippen molar-refractivity contribution in [2.45, 2.75) is 32.3 Å². The van der Waals surface area contributed by atoms with Crippen molar-refractivity contribution < 1.29 is 4.74 Å². The highest BCUT2D eigenvalue weighted by atomic mass is 79.9. The van der Waals surface area contributed by atoms with Crippen molar-refractivity contribution in [1.82, 2.24) is 4.90 Å². The maximum absolute atomic E-state index is 6.10. The minimum absolute atomic E-state index is 0.251. The zero-order valence-corrected chi connectivity index (χ0v) is 17.7. The maximum atomic E-state index is 6.10. The smallest absolute Gasteiger partial charge is 0.0839 e. The summed E-state index contributed by atoms with van der Waals surface area (Å²) in [6, 6.07) is 15.7. The van der Waals surface area contributed by atoms with Gasteiger partial charge >= 0.3 is 0 Å². The number of hydrogen-bond acceptors (Lipinski definition) is 3.